The Bertz CT molecular complexity index is 519. The molecule has 0 heterocycles. The van der Waals surface area contributed by atoms with E-state index in [1.807, 2.05) is 0 Å². The fourth-order valence-electron chi connectivity index (χ4n) is 3.22. The molecule has 0 aliphatic heterocycles. The van der Waals surface area contributed by atoms with Gasteiger partial charge in [0.25, 0.3) is 0 Å². The summed E-state index contributed by atoms with van der Waals surface area (Å²) in [5.41, 5.74) is 0. The second-order valence-electron chi connectivity index (χ2n) is 8.72. The number of hydrogen-bond donors (Lipinski definition) is 2. The fourth-order valence-corrected chi connectivity index (χ4v) is 3.22. The highest BCUT2D eigenvalue weighted by Gasteiger charge is 2.22. The van der Waals surface area contributed by atoms with Crippen molar-refractivity contribution in [3.05, 3.63) is 0 Å². The largest absolute Gasteiger partial charge is 0.462 e. The van der Waals surface area contributed by atoms with Gasteiger partial charge in [0.1, 0.15) is 25.4 Å². The molecule has 0 spiro atoms. The Kier molecular flexibility index (Phi) is 19.8. The van der Waals surface area contributed by atoms with Crippen LogP contribution in [0.5, 0.6) is 0 Å². The highest BCUT2D eigenvalue weighted by atomic mass is 16.6. The van der Waals surface area contributed by atoms with Crippen molar-refractivity contribution >= 4 is 17.9 Å². The maximum atomic E-state index is 12.0. The topological polar surface area (TPSA) is 119 Å². The summed E-state index contributed by atoms with van der Waals surface area (Å²) in [5.74, 6) is -2.22. The second-order valence-corrected chi connectivity index (χ2v) is 8.72. The zero-order valence-corrected chi connectivity index (χ0v) is 20.9. The zero-order chi connectivity index (χ0) is 24.9. The summed E-state index contributed by atoms with van der Waals surface area (Å²) in [6, 6.07) is 0. The number of rotatable bonds is 21. The Balaban J connectivity index is 3.88. The van der Waals surface area contributed by atoms with E-state index in [1.54, 1.807) is 0 Å². The Hall–Kier alpha value is -1.67. The van der Waals surface area contributed by atoms with Gasteiger partial charge in [-0.1, -0.05) is 84.0 Å². The van der Waals surface area contributed by atoms with Crippen LogP contribution in [0.2, 0.25) is 0 Å². The third kappa shape index (κ3) is 19.5. The van der Waals surface area contributed by atoms with Gasteiger partial charge in [-0.25, -0.2) is 9.59 Å². The van der Waals surface area contributed by atoms with E-state index in [9.17, 15) is 19.5 Å². The highest BCUT2D eigenvalue weighted by Crippen LogP contribution is 2.13. The number of esters is 3. The lowest BCUT2D eigenvalue weighted by Crippen LogP contribution is -2.35. The van der Waals surface area contributed by atoms with Gasteiger partial charge >= 0.3 is 17.9 Å². The number of aliphatic hydroxyl groups excluding tert-OH is 2. The third-order valence-electron chi connectivity index (χ3n) is 5.29. The van der Waals surface area contributed by atoms with Crippen LogP contribution < -0.4 is 0 Å². The van der Waals surface area contributed by atoms with Crippen molar-refractivity contribution in [3.8, 4) is 0 Å². The molecule has 0 aliphatic rings. The molecule has 1 unspecified atom stereocenters. The standard InChI is InChI=1S/C25H46O8/c1-4-5-6-7-8-9-10-11-12-13-14-15-16-17-23(28)31-18-22(33-25(30)21(3)27)19-32-24(29)20(2)26/h20-22,26-27H,4-19H2,1-3H3/t20-,21-,22?/m0/s1. The monoisotopic (exact) mass is 474 g/mol. The number of ether oxygens (including phenoxy) is 3. The van der Waals surface area contributed by atoms with Crippen molar-refractivity contribution in [2.45, 2.75) is 129 Å². The lowest BCUT2D eigenvalue weighted by Gasteiger charge is -2.19. The van der Waals surface area contributed by atoms with Crippen molar-refractivity contribution in [2.24, 2.45) is 0 Å². The van der Waals surface area contributed by atoms with Crippen molar-refractivity contribution in [1.29, 1.82) is 0 Å². The van der Waals surface area contributed by atoms with Gasteiger partial charge in [0.2, 0.25) is 0 Å². The minimum atomic E-state index is -1.36. The van der Waals surface area contributed by atoms with Crippen molar-refractivity contribution in [3.63, 3.8) is 0 Å². The van der Waals surface area contributed by atoms with Gasteiger partial charge in [0.15, 0.2) is 6.10 Å². The summed E-state index contributed by atoms with van der Waals surface area (Å²) >= 11 is 0. The third-order valence-corrected chi connectivity index (χ3v) is 5.29. The minimum absolute atomic E-state index is 0.266. The van der Waals surface area contributed by atoms with E-state index >= 15 is 0 Å². The van der Waals surface area contributed by atoms with Gasteiger partial charge in [-0.3, -0.25) is 4.79 Å². The van der Waals surface area contributed by atoms with Crippen molar-refractivity contribution in [1.82, 2.24) is 0 Å². The molecule has 3 atom stereocenters. The number of carbonyl (C=O) groups is 3. The Labute approximate surface area is 199 Å². The molecule has 0 aliphatic carbocycles. The summed E-state index contributed by atoms with van der Waals surface area (Å²) in [4.78, 5) is 34.9. The van der Waals surface area contributed by atoms with Crippen molar-refractivity contribution in [2.75, 3.05) is 13.2 Å². The molecule has 194 valence electrons. The molecule has 0 aromatic carbocycles. The van der Waals surface area contributed by atoms with E-state index in [0.717, 1.165) is 19.3 Å². The summed E-state index contributed by atoms with van der Waals surface area (Å²) in [6.45, 7) is 4.05. The average Bonchev–Trinajstić information content (AvgIpc) is 2.78. The molecular weight excluding hydrogens is 428 g/mol. The van der Waals surface area contributed by atoms with Gasteiger partial charge in [0, 0.05) is 6.42 Å². The molecule has 0 saturated heterocycles. The number of unbranched alkanes of at least 4 members (excludes halogenated alkanes) is 12. The highest BCUT2D eigenvalue weighted by molar-refractivity contribution is 5.75. The molecule has 33 heavy (non-hydrogen) atoms. The van der Waals surface area contributed by atoms with Crippen LogP contribution in [0.1, 0.15) is 111 Å². The predicted molar refractivity (Wildman–Crippen MR) is 125 cm³/mol. The summed E-state index contributed by atoms with van der Waals surface area (Å²) in [7, 11) is 0. The zero-order valence-electron chi connectivity index (χ0n) is 20.9. The van der Waals surface area contributed by atoms with Gasteiger partial charge < -0.3 is 24.4 Å². The van der Waals surface area contributed by atoms with E-state index in [-0.39, 0.29) is 19.6 Å². The van der Waals surface area contributed by atoms with Crippen LogP contribution >= 0.6 is 0 Å². The predicted octanol–water partition coefficient (Wildman–Crippen LogP) is 4.23. The molecule has 0 rings (SSSR count). The fraction of sp³-hybridized carbons (Fsp3) is 0.880. The van der Waals surface area contributed by atoms with Crippen LogP contribution in [-0.4, -0.2) is 59.6 Å². The van der Waals surface area contributed by atoms with Gasteiger partial charge in [-0.05, 0) is 20.3 Å². The molecular formula is C25H46O8. The number of aliphatic hydroxyl groups is 2. The van der Waals surface area contributed by atoms with Crippen LogP contribution in [0.25, 0.3) is 0 Å². The first-order chi connectivity index (χ1) is 15.8. The van der Waals surface area contributed by atoms with Gasteiger partial charge in [-0.15, -0.1) is 0 Å². The number of hydrogen-bond acceptors (Lipinski definition) is 8. The normalized spacial score (nSPS) is 13.7. The Morgan fingerprint density at radius 1 is 0.636 bits per heavy atom. The van der Waals surface area contributed by atoms with Crippen LogP contribution in [-0.2, 0) is 28.6 Å². The lowest BCUT2D eigenvalue weighted by molar-refractivity contribution is -0.174. The first-order valence-corrected chi connectivity index (χ1v) is 12.7. The average molecular weight is 475 g/mol. The van der Waals surface area contributed by atoms with E-state index in [0.29, 0.717) is 0 Å². The SMILES string of the molecule is CCCCCCCCCCCCCCCC(=O)OCC(COC(=O)[C@H](C)O)OC(=O)[C@H](C)O. The first-order valence-electron chi connectivity index (χ1n) is 12.7. The van der Waals surface area contributed by atoms with Gasteiger partial charge in [-0.2, -0.15) is 0 Å². The molecule has 2 N–H and O–H groups in total. The Morgan fingerprint density at radius 3 is 1.52 bits per heavy atom. The van der Waals surface area contributed by atoms with Crippen LogP contribution in [0.15, 0.2) is 0 Å². The molecule has 0 saturated carbocycles. The lowest BCUT2D eigenvalue weighted by atomic mass is 10.0. The summed E-state index contributed by atoms with van der Waals surface area (Å²) < 4.78 is 14.9. The van der Waals surface area contributed by atoms with E-state index in [2.05, 4.69) is 6.92 Å². The first kappa shape index (κ1) is 31.3. The Morgan fingerprint density at radius 2 is 1.06 bits per heavy atom. The second kappa shape index (κ2) is 20.9. The maximum Gasteiger partial charge on any atom is 0.335 e. The van der Waals surface area contributed by atoms with Crippen molar-refractivity contribution < 1.29 is 38.8 Å². The molecule has 0 amide bonds. The van der Waals surface area contributed by atoms with Crippen LogP contribution in [0.4, 0.5) is 0 Å². The van der Waals surface area contributed by atoms with E-state index in [1.165, 1.54) is 78.1 Å². The quantitative estimate of drug-likeness (QED) is 0.144. The smallest absolute Gasteiger partial charge is 0.335 e. The molecule has 8 nitrogen and oxygen atoms in total. The van der Waals surface area contributed by atoms with Gasteiger partial charge in [0.05, 0.1) is 0 Å². The molecule has 8 heteroatoms. The molecule has 0 aromatic rings. The summed E-state index contributed by atoms with van der Waals surface area (Å²) in [6.07, 6.45) is 12.4. The molecule has 0 bridgehead atoms. The molecule has 0 radical (unpaired) electrons. The van der Waals surface area contributed by atoms with E-state index in [4.69, 9.17) is 19.3 Å². The maximum absolute atomic E-state index is 12.0. The minimum Gasteiger partial charge on any atom is -0.462 e. The number of carbonyl (C=O) groups excluding carboxylic acids is 3. The molecule has 0 aromatic heterocycles. The van der Waals surface area contributed by atoms with Crippen LogP contribution in [0, 0.1) is 0 Å². The molecule has 0 fully saturated rings. The van der Waals surface area contributed by atoms with Crippen LogP contribution in [0.3, 0.4) is 0 Å². The summed E-state index contributed by atoms with van der Waals surface area (Å²) in [5, 5.41) is 18.4. The van der Waals surface area contributed by atoms with E-state index < -0.39 is 36.2 Å².